The zero-order valence-electron chi connectivity index (χ0n) is 13.8. The number of nitrogens with zero attached hydrogens (tertiary/aromatic N) is 3. The molecule has 8 nitrogen and oxygen atoms in total. The molecule has 0 radical (unpaired) electrons. The highest BCUT2D eigenvalue weighted by atomic mass is 35.5. The molecule has 0 amide bonds. The predicted octanol–water partition coefficient (Wildman–Crippen LogP) is 4.18. The van der Waals surface area contributed by atoms with Crippen molar-refractivity contribution in [3.05, 3.63) is 63.7 Å². The Hall–Kier alpha value is -3.13. The van der Waals surface area contributed by atoms with Crippen molar-refractivity contribution in [3.63, 3.8) is 0 Å². The molecule has 0 aliphatic carbocycles. The largest absolute Gasteiger partial charge is 0.469 e. The van der Waals surface area contributed by atoms with Gasteiger partial charge < -0.3 is 10.1 Å². The second kappa shape index (κ2) is 7.83. The number of nitro benzene ring substituents is 1. The minimum Gasteiger partial charge on any atom is -0.469 e. The number of non-ortho nitro benzene ring substituents is 1. The van der Waals surface area contributed by atoms with E-state index in [0.717, 1.165) is 5.56 Å². The minimum absolute atomic E-state index is 0.0639. The lowest BCUT2D eigenvalue weighted by Crippen LogP contribution is -2.23. The summed E-state index contributed by atoms with van der Waals surface area (Å²) in [4.78, 5) is 10.2. The summed E-state index contributed by atoms with van der Waals surface area (Å²) in [6.07, 6.45) is -0.282. The minimum atomic E-state index is -0.496. The average molecular weight is 375 g/mol. The molecule has 0 saturated heterocycles. The van der Waals surface area contributed by atoms with Crippen molar-refractivity contribution in [1.82, 2.24) is 10.3 Å². The van der Waals surface area contributed by atoms with Gasteiger partial charge >= 0.3 is 0 Å². The van der Waals surface area contributed by atoms with E-state index < -0.39 is 4.92 Å². The van der Waals surface area contributed by atoms with Crippen LogP contribution in [-0.2, 0) is 0 Å². The summed E-state index contributed by atoms with van der Waals surface area (Å²) in [5.41, 5.74) is 1.87. The van der Waals surface area contributed by atoms with Gasteiger partial charge in [0.15, 0.2) is 5.69 Å². The molecule has 0 saturated carbocycles. The van der Waals surface area contributed by atoms with Gasteiger partial charge in [-0.15, -0.1) is 0 Å². The molecular formula is C17H15ClN4O4. The van der Waals surface area contributed by atoms with E-state index in [2.05, 4.69) is 15.6 Å². The highest BCUT2D eigenvalue weighted by molar-refractivity contribution is 6.33. The zero-order chi connectivity index (χ0) is 18.5. The fourth-order valence-corrected chi connectivity index (χ4v) is 2.52. The van der Waals surface area contributed by atoms with Crippen molar-refractivity contribution < 1.29 is 14.3 Å². The number of aromatic nitrogens is 2. The Balaban J connectivity index is 1.63. The van der Waals surface area contributed by atoms with Gasteiger partial charge in [0, 0.05) is 17.7 Å². The number of halogens is 1. The van der Waals surface area contributed by atoms with E-state index in [9.17, 15) is 10.1 Å². The highest BCUT2D eigenvalue weighted by Crippen LogP contribution is 2.28. The smallest absolute Gasteiger partial charge is 0.284 e. The van der Waals surface area contributed by atoms with Crippen LogP contribution < -0.4 is 10.1 Å². The normalized spacial score (nSPS) is 11.8. The Bertz CT molecular complexity index is 901. The van der Waals surface area contributed by atoms with Gasteiger partial charge in [-0.05, 0) is 23.3 Å². The Morgan fingerprint density at radius 1 is 1.27 bits per heavy atom. The third kappa shape index (κ3) is 4.09. The van der Waals surface area contributed by atoms with Gasteiger partial charge in [-0.3, -0.25) is 10.1 Å². The molecule has 0 fully saturated rings. The first-order valence-corrected chi connectivity index (χ1v) is 8.15. The number of rotatable bonds is 7. The fourth-order valence-electron chi connectivity index (χ4n) is 2.28. The Morgan fingerprint density at radius 3 is 2.73 bits per heavy atom. The van der Waals surface area contributed by atoms with Crippen LogP contribution in [0.5, 0.6) is 5.88 Å². The number of benzene rings is 2. The molecule has 0 aliphatic heterocycles. The number of nitrogens with one attached hydrogen (secondary N) is 1. The van der Waals surface area contributed by atoms with Crippen molar-refractivity contribution in [3.8, 4) is 17.1 Å². The van der Waals surface area contributed by atoms with Crippen molar-refractivity contribution in [2.24, 2.45) is 0 Å². The number of hydrogen-bond acceptors (Lipinski definition) is 7. The molecule has 1 N–H and O–H groups in total. The molecule has 1 unspecified atom stereocenters. The lowest BCUT2D eigenvalue weighted by molar-refractivity contribution is -0.384. The van der Waals surface area contributed by atoms with Crippen LogP contribution in [0.2, 0.25) is 5.02 Å². The Morgan fingerprint density at radius 2 is 2.04 bits per heavy atom. The van der Waals surface area contributed by atoms with Crippen LogP contribution in [0.4, 0.5) is 11.4 Å². The molecule has 1 atom stereocenters. The fraction of sp³-hybridized carbons (Fsp3) is 0.176. The van der Waals surface area contributed by atoms with Crippen LogP contribution in [-0.4, -0.2) is 27.9 Å². The number of anilines is 1. The third-order valence-electron chi connectivity index (χ3n) is 3.56. The maximum Gasteiger partial charge on any atom is 0.284 e. The molecular weight excluding hydrogens is 360 g/mol. The molecule has 0 bridgehead atoms. The van der Waals surface area contributed by atoms with Gasteiger partial charge in [0.1, 0.15) is 6.10 Å². The van der Waals surface area contributed by atoms with Crippen LogP contribution in [0.3, 0.4) is 0 Å². The van der Waals surface area contributed by atoms with Crippen LogP contribution in [0, 0.1) is 10.1 Å². The topological polar surface area (TPSA) is 103 Å². The van der Waals surface area contributed by atoms with E-state index in [4.69, 9.17) is 21.0 Å². The van der Waals surface area contributed by atoms with E-state index in [1.807, 2.05) is 37.3 Å². The molecule has 9 heteroatoms. The number of nitro groups is 1. The highest BCUT2D eigenvalue weighted by Gasteiger charge is 2.17. The monoisotopic (exact) mass is 374 g/mol. The van der Waals surface area contributed by atoms with E-state index in [1.54, 1.807) is 6.07 Å². The second-order valence-electron chi connectivity index (χ2n) is 5.51. The van der Waals surface area contributed by atoms with Gasteiger partial charge in [0.25, 0.3) is 11.6 Å². The Labute approximate surface area is 153 Å². The van der Waals surface area contributed by atoms with Crippen molar-refractivity contribution >= 4 is 23.0 Å². The summed E-state index contributed by atoms with van der Waals surface area (Å²) in [5, 5.41) is 21.8. The molecule has 3 aromatic rings. The summed E-state index contributed by atoms with van der Waals surface area (Å²) >= 11 is 6.06. The quantitative estimate of drug-likeness (QED) is 0.488. The first kappa shape index (κ1) is 17.7. The van der Waals surface area contributed by atoms with E-state index in [-0.39, 0.29) is 16.8 Å². The first-order valence-electron chi connectivity index (χ1n) is 7.77. The van der Waals surface area contributed by atoms with Gasteiger partial charge in [0.05, 0.1) is 22.2 Å². The van der Waals surface area contributed by atoms with Crippen molar-refractivity contribution in [2.45, 2.75) is 13.0 Å². The molecule has 1 aromatic heterocycles. The van der Waals surface area contributed by atoms with Gasteiger partial charge in [-0.1, -0.05) is 41.9 Å². The maximum atomic E-state index is 10.7. The zero-order valence-corrected chi connectivity index (χ0v) is 14.5. The summed E-state index contributed by atoms with van der Waals surface area (Å²) in [5.74, 6) is 0.292. The summed E-state index contributed by atoms with van der Waals surface area (Å²) < 4.78 is 10.6. The van der Waals surface area contributed by atoms with E-state index >= 15 is 0 Å². The SMILES string of the molecule is CC(CNc1ccc([N+](=O)[O-])cc1Cl)Oc1nonc1-c1ccccc1. The number of ether oxygens (including phenoxy) is 1. The van der Waals surface area contributed by atoms with Crippen molar-refractivity contribution in [2.75, 3.05) is 11.9 Å². The first-order chi connectivity index (χ1) is 12.5. The van der Waals surface area contributed by atoms with Crippen LogP contribution in [0.25, 0.3) is 11.3 Å². The summed E-state index contributed by atoms with van der Waals surface area (Å²) in [6, 6.07) is 13.7. The predicted molar refractivity (Wildman–Crippen MR) is 96.4 cm³/mol. The lowest BCUT2D eigenvalue weighted by atomic mass is 10.2. The third-order valence-corrected chi connectivity index (χ3v) is 3.87. The van der Waals surface area contributed by atoms with Crippen LogP contribution in [0.15, 0.2) is 53.2 Å². The average Bonchev–Trinajstić information content (AvgIpc) is 3.09. The molecule has 3 rings (SSSR count). The summed E-state index contributed by atoms with van der Waals surface area (Å²) in [7, 11) is 0. The van der Waals surface area contributed by atoms with Crippen LogP contribution >= 0.6 is 11.6 Å². The maximum absolute atomic E-state index is 10.7. The lowest BCUT2D eigenvalue weighted by Gasteiger charge is -2.15. The standard InChI is InChI=1S/C17H15ClN4O4/c1-11(10-19-15-8-7-13(22(23)24)9-14(15)18)25-17-16(20-26-21-17)12-5-3-2-4-6-12/h2-9,11,19H,10H2,1H3. The van der Waals surface area contributed by atoms with Crippen molar-refractivity contribution in [1.29, 1.82) is 0 Å². The van der Waals surface area contributed by atoms with Gasteiger partial charge in [0.2, 0.25) is 0 Å². The van der Waals surface area contributed by atoms with Crippen LogP contribution in [0.1, 0.15) is 6.92 Å². The molecule has 2 aromatic carbocycles. The number of hydrogen-bond donors (Lipinski definition) is 1. The van der Waals surface area contributed by atoms with E-state index in [0.29, 0.717) is 23.8 Å². The molecule has 0 spiro atoms. The van der Waals surface area contributed by atoms with E-state index in [1.165, 1.54) is 12.1 Å². The Kier molecular flexibility index (Phi) is 5.33. The molecule has 0 aliphatic rings. The van der Waals surface area contributed by atoms with Gasteiger partial charge in [-0.2, -0.15) is 0 Å². The molecule has 1 heterocycles. The molecule has 134 valence electrons. The summed E-state index contributed by atoms with van der Waals surface area (Å²) in [6.45, 7) is 2.24. The van der Waals surface area contributed by atoms with Gasteiger partial charge in [-0.25, -0.2) is 4.63 Å². The molecule has 26 heavy (non-hydrogen) atoms. The second-order valence-corrected chi connectivity index (χ2v) is 5.92.